The van der Waals surface area contributed by atoms with Gasteiger partial charge < -0.3 is 9.69 Å². The van der Waals surface area contributed by atoms with Crippen LogP contribution < -0.4 is 4.90 Å². The fourth-order valence-corrected chi connectivity index (χ4v) is 3.31. The highest BCUT2D eigenvalue weighted by molar-refractivity contribution is 5.99. The standard InChI is InChI=1S/C23H16N4O/c24-12-17-5-1-2-8-21(17)22-11-19(18-6-3-9-25-13-18)15-27(23(22)16-28)20-7-4-10-26-14-20/h1-11,13-16,23H. The van der Waals surface area contributed by atoms with Crippen LogP contribution in [0.2, 0.25) is 0 Å². The smallest absolute Gasteiger partial charge is 0.147 e. The van der Waals surface area contributed by atoms with Crippen LogP contribution in [0, 0.1) is 11.3 Å². The number of carbonyl (C=O) groups is 1. The second-order valence-corrected chi connectivity index (χ2v) is 6.28. The van der Waals surface area contributed by atoms with Crippen LogP contribution in [0.1, 0.15) is 16.7 Å². The van der Waals surface area contributed by atoms with E-state index in [1.807, 2.05) is 59.6 Å². The molecule has 1 aliphatic heterocycles. The van der Waals surface area contributed by atoms with Gasteiger partial charge in [0.15, 0.2) is 0 Å². The van der Waals surface area contributed by atoms with Crippen molar-refractivity contribution >= 4 is 23.1 Å². The predicted molar refractivity (Wildman–Crippen MR) is 108 cm³/mol. The van der Waals surface area contributed by atoms with E-state index >= 15 is 0 Å². The van der Waals surface area contributed by atoms with Gasteiger partial charge in [-0.1, -0.05) is 24.3 Å². The Morgan fingerprint density at radius 1 is 1.00 bits per heavy atom. The second kappa shape index (κ2) is 7.68. The number of allylic oxidation sites excluding steroid dienone is 2. The van der Waals surface area contributed by atoms with Gasteiger partial charge in [0.2, 0.25) is 0 Å². The number of aromatic nitrogens is 2. The molecule has 1 aromatic carbocycles. The minimum absolute atomic E-state index is 0.527. The molecule has 1 unspecified atom stereocenters. The molecule has 5 heteroatoms. The van der Waals surface area contributed by atoms with Gasteiger partial charge in [0, 0.05) is 30.4 Å². The predicted octanol–water partition coefficient (Wildman–Crippen LogP) is 3.86. The minimum atomic E-state index is -0.570. The lowest BCUT2D eigenvalue weighted by atomic mass is 9.89. The molecule has 0 fully saturated rings. The molecule has 0 amide bonds. The van der Waals surface area contributed by atoms with E-state index in [9.17, 15) is 10.1 Å². The molecule has 3 aromatic rings. The van der Waals surface area contributed by atoms with E-state index in [1.54, 1.807) is 30.9 Å². The average molecular weight is 364 g/mol. The van der Waals surface area contributed by atoms with E-state index in [-0.39, 0.29) is 0 Å². The molecule has 0 saturated heterocycles. The van der Waals surface area contributed by atoms with Gasteiger partial charge in [-0.3, -0.25) is 9.97 Å². The fourth-order valence-electron chi connectivity index (χ4n) is 3.31. The number of benzene rings is 1. The van der Waals surface area contributed by atoms with Gasteiger partial charge in [0.05, 0.1) is 23.5 Å². The molecule has 5 nitrogen and oxygen atoms in total. The van der Waals surface area contributed by atoms with Crippen molar-refractivity contribution < 1.29 is 4.79 Å². The third-order valence-corrected chi connectivity index (χ3v) is 4.63. The molecule has 0 spiro atoms. The van der Waals surface area contributed by atoms with Gasteiger partial charge in [-0.15, -0.1) is 0 Å². The first-order valence-electron chi connectivity index (χ1n) is 8.79. The average Bonchev–Trinajstić information content (AvgIpc) is 2.79. The molecule has 0 saturated carbocycles. The van der Waals surface area contributed by atoms with Gasteiger partial charge in [-0.2, -0.15) is 5.26 Å². The zero-order chi connectivity index (χ0) is 19.3. The molecule has 3 heterocycles. The van der Waals surface area contributed by atoms with Crippen molar-refractivity contribution in [2.45, 2.75) is 6.04 Å². The van der Waals surface area contributed by atoms with Crippen LogP contribution in [-0.4, -0.2) is 22.3 Å². The molecule has 1 aliphatic rings. The molecule has 2 aromatic heterocycles. The summed E-state index contributed by atoms with van der Waals surface area (Å²) in [5.74, 6) is 0. The number of pyridine rings is 2. The number of hydrogen-bond acceptors (Lipinski definition) is 5. The largest absolute Gasteiger partial charge is 0.332 e. The van der Waals surface area contributed by atoms with Crippen LogP contribution in [0.15, 0.2) is 85.6 Å². The summed E-state index contributed by atoms with van der Waals surface area (Å²) in [6, 6.07) is 16.5. The third-order valence-electron chi connectivity index (χ3n) is 4.63. The number of rotatable bonds is 4. The molecule has 0 N–H and O–H groups in total. The zero-order valence-corrected chi connectivity index (χ0v) is 14.9. The van der Waals surface area contributed by atoms with E-state index in [4.69, 9.17) is 0 Å². The van der Waals surface area contributed by atoms with Gasteiger partial charge in [0.25, 0.3) is 0 Å². The van der Waals surface area contributed by atoms with Gasteiger partial charge >= 0.3 is 0 Å². The van der Waals surface area contributed by atoms with Crippen molar-refractivity contribution in [2.75, 3.05) is 4.90 Å². The van der Waals surface area contributed by atoms with Crippen LogP contribution in [0.25, 0.3) is 11.1 Å². The Kier molecular flexibility index (Phi) is 4.77. The SMILES string of the molecule is N#Cc1ccccc1C1=CC(c2cccnc2)=CN(c2cccnc2)C1C=O. The summed E-state index contributed by atoms with van der Waals surface area (Å²) in [6.07, 6.45) is 11.7. The Morgan fingerprint density at radius 2 is 1.79 bits per heavy atom. The number of nitrogens with zero attached hydrogens (tertiary/aromatic N) is 4. The summed E-state index contributed by atoms with van der Waals surface area (Å²) >= 11 is 0. The third kappa shape index (κ3) is 3.19. The Bertz CT molecular complexity index is 1100. The highest BCUT2D eigenvalue weighted by Crippen LogP contribution is 2.35. The Balaban J connectivity index is 1.93. The highest BCUT2D eigenvalue weighted by Gasteiger charge is 2.28. The topological polar surface area (TPSA) is 69.9 Å². The number of carbonyl (C=O) groups excluding carboxylic acids is 1. The molecular weight excluding hydrogens is 348 g/mol. The quantitative estimate of drug-likeness (QED) is 0.658. The maximum absolute atomic E-state index is 12.1. The van der Waals surface area contributed by atoms with E-state index < -0.39 is 6.04 Å². The lowest BCUT2D eigenvalue weighted by Gasteiger charge is -2.33. The van der Waals surface area contributed by atoms with Crippen molar-refractivity contribution in [3.8, 4) is 6.07 Å². The van der Waals surface area contributed by atoms with Gasteiger partial charge in [0.1, 0.15) is 12.3 Å². The highest BCUT2D eigenvalue weighted by atomic mass is 16.1. The van der Waals surface area contributed by atoms with E-state index in [0.717, 1.165) is 34.2 Å². The number of nitriles is 1. The maximum Gasteiger partial charge on any atom is 0.147 e. The van der Waals surface area contributed by atoms with Crippen molar-refractivity contribution in [1.82, 2.24) is 9.97 Å². The van der Waals surface area contributed by atoms with Crippen molar-refractivity contribution in [3.05, 3.63) is 102 Å². The summed E-state index contributed by atoms with van der Waals surface area (Å²) in [6.45, 7) is 0. The summed E-state index contributed by atoms with van der Waals surface area (Å²) in [5, 5.41) is 9.56. The van der Waals surface area contributed by atoms with E-state index in [1.165, 1.54) is 0 Å². The Morgan fingerprint density at radius 3 is 2.46 bits per heavy atom. The maximum atomic E-state index is 12.1. The molecular formula is C23H16N4O. The number of hydrogen-bond donors (Lipinski definition) is 0. The van der Waals surface area contributed by atoms with Crippen LogP contribution in [0.5, 0.6) is 0 Å². The molecule has 4 rings (SSSR count). The second-order valence-electron chi connectivity index (χ2n) is 6.28. The summed E-state index contributed by atoms with van der Waals surface area (Å²) in [5.41, 5.74) is 4.65. The van der Waals surface area contributed by atoms with Crippen molar-refractivity contribution in [1.29, 1.82) is 5.26 Å². The molecule has 0 aliphatic carbocycles. The molecule has 1 atom stereocenters. The number of aldehydes is 1. The van der Waals surface area contributed by atoms with Crippen molar-refractivity contribution in [3.63, 3.8) is 0 Å². The first kappa shape index (κ1) is 17.4. The van der Waals surface area contributed by atoms with Crippen LogP contribution in [-0.2, 0) is 4.79 Å². The Labute approximate surface area is 162 Å². The molecule has 0 radical (unpaired) electrons. The minimum Gasteiger partial charge on any atom is -0.332 e. The van der Waals surface area contributed by atoms with E-state index in [2.05, 4.69) is 16.0 Å². The molecule has 0 bridgehead atoms. The van der Waals surface area contributed by atoms with Crippen LogP contribution >= 0.6 is 0 Å². The van der Waals surface area contributed by atoms with E-state index in [0.29, 0.717) is 5.56 Å². The van der Waals surface area contributed by atoms with Crippen LogP contribution in [0.4, 0.5) is 5.69 Å². The number of anilines is 1. The lowest BCUT2D eigenvalue weighted by molar-refractivity contribution is -0.107. The summed E-state index contributed by atoms with van der Waals surface area (Å²) < 4.78 is 0. The molecule has 134 valence electrons. The monoisotopic (exact) mass is 364 g/mol. The summed E-state index contributed by atoms with van der Waals surface area (Å²) in [7, 11) is 0. The lowest BCUT2D eigenvalue weighted by Crippen LogP contribution is -2.35. The summed E-state index contributed by atoms with van der Waals surface area (Å²) in [4.78, 5) is 22.4. The van der Waals surface area contributed by atoms with Gasteiger partial charge in [-0.25, -0.2) is 0 Å². The first-order valence-corrected chi connectivity index (χ1v) is 8.79. The van der Waals surface area contributed by atoms with Crippen LogP contribution in [0.3, 0.4) is 0 Å². The first-order chi connectivity index (χ1) is 13.8. The molecule has 28 heavy (non-hydrogen) atoms. The normalized spacial score (nSPS) is 16.0. The van der Waals surface area contributed by atoms with Gasteiger partial charge in [-0.05, 0) is 47.1 Å². The zero-order valence-electron chi connectivity index (χ0n) is 14.9. The Hall–Kier alpha value is -4.04. The van der Waals surface area contributed by atoms with Crippen molar-refractivity contribution in [2.24, 2.45) is 0 Å². The fraction of sp³-hybridized carbons (Fsp3) is 0.0435.